The van der Waals surface area contributed by atoms with Crippen molar-refractivity contribution in [1.82, 2.24) is 20.9 Å². The normalized spacial score (nSPS) is 15.3. The van der Waals surface area contributed by atoms with Crippen LogP contribution in [0.3, 0.4) is 0 Å². The van der Waals surface area contributed by atoms with E-state index >= 15 is 0 Å². The van der Waals surface area contributed by atoms with E-state index in [4.69, 9.17) is 0 Å². The summed E-state index contributed by atoms with van der Waals surface area (Å²) in [5, 5.41) is 9.65. The zero-order chi connectivity index (χ0) is 17.1. The molecule has 0 aliphatic heterocycles. The minimum Gasteiger partial charge on any atom is -0.361 e. The van der Waals surface area contributed by atoms with E-state index in [0.717, 1.165) is 29.3 Å². The number of carbonyl (C=O) groups excluding carboxylic acids is 2. The Balaban J connectivity index is 1.74. The van der Waals surface area contributed by atoms with Gasteiger partial charge >= 0.3 is 6.03 Å². The van der Waals surface area contributed by atoms with Gasteiger partial charge in [-0.3, -0.25) is 4.79 Å². The molecule has 1 aromatic heterocycles. The number of para-hydroxylation sites is 1. The van der Waals surface area contributed by atoms with Crippen molar-refractivity contribution in [2.75, 3.05) is 0 Å². The first-order valence-electron chi connectivity index (χ1n) is 8.45. The molecule has 4 N–H and O–H groups in total. The van der Waals surface area contributed by atoms with Crippen LogP contribution in [0.4, 0.5) is 4.79 Å². The second kappa shape index (κ2) is 6.95. The van der Waals surface area contributed by atoms with Crippen molar-refractivity contribution >= 4 is 22.8 Å². The van der Waals surface area contributed by atoms with Crippen LogP contribution in [0.25, 0.3) is 10.9 Å². The van der Waals surface area contributed by atoms with Crippen LogP contribution < -0.4 is 16.0 Å². The van der Waals surface area contributed by atoms with E-state index in [-0.39, 0.29) is 24.0 Å². The smallest absolute Gasteiger partial charge is 0.315 e. The predicted octanol–water partition coefficient (Wildman–Crippen LogP) is 2.07. The van der Waals surface area contributed by atoms with E-state index in [2.05, 4.69) is 20.9 Å². The molecule has 1 fully saturated rings. The third-order valence-electron chi connectivity index (χ3n) is 4.06. The van der Waals surface area contributed by atoms with E-state index in [1.807, 2.05) is 44.3 Å². The van der Waals surface area contributed by atoms with E-state index < -0.39 is 6.04 Å². The number of hydrogen-bond donors (Lipinski definition) is 4. The molecule has 3 amide bonds. The third kappa shape index (κ3) is 4.07. The van der Waals surface area contributed by atoms with Crippen LogP contribution in [0.1, 0.15) is 32.3 Å². The van der Waals surface area contributed by atoms with Crippen LogP contribution in [0.5, 0.6) is 0 Å². The van der Waals surface area contributed by atoms with Crippen molar-refractivity contribution in [1.29, 1.82) is 0 Å². The summed E-state index contributed by atoms with van der Waals surface area (Å²) in [6.45, 7) is 3.82. The fourth-order valence-corrected chi connectivity index (χ4v) is 2.73. The molecule has 3 rings (SSSR count). The number of carbonyl (C=O) groups is 2. The fourth-order valence-electron chi connectivity index (χ4n) is 2.73. The highest BCUT2D eigenvalue weighted by Gasteiger charge is 2.27. The molecule has 0 unspecified atom stereocenters. The quantitative estimate of drug-likeness (QED) is 0.654. The minimum atomic E-state index is -0.606. The lowest BCUT2D eigenvalue weighted by molar-refractivity contribution is -0.123. The number of urea groups is 1. The van der Waals surface area contributed by atoms with E-state index in [0.29, 0.717) is 6.42 Å². The first-order chi connectivity index (χ1) is 11.5. The van der Waals surface area contributed by atoms with Crippen molar-refractivity contribution < 1.29 is 9.59 Å². The summed E-state index contributed by atoms with van der Waals surface area (Å²) < 4.78 is 0. The van der Waals surface area contributed by atoms with Crippen molar-refractivity contribution in [2.45, 2.75) is 51.2 Å². The molecule has 1 saturated carbocycles. The highest BCUT2D eigenvalue weighted by molar-refractivity contribution is 5.89. The lowest BCUT2D eigenvalue weighted by atomic mass is 10.0. The van der Waals surface area contributed by atoms with Gasteiger partial charge in [-0.25, -0.2) is 4.79 Å². The molecular formula is C18H24N4O2. The predicted molar refractivity (Wildman–Crippen MR) is 93.8 cm³/mol. The van der Waals surface area contributed by atoms with Crippen molar-refractivity contribution in [2.24, 2.45) is 0 Å². The van der Waals surface area contributed by atoms with Gasteiger partial charge in [0.25, 0.3) is 0 Å². The number of amides is 3. The molecule has 0 bridgehead atoms. The Morgan fingerprint density at radius 2 is 1.96 bits per heavy atom. The zero-order valence-electron chi connectivity index (χ0n) is 14.1. The molecule has 1 heterocycles. The Hall–Kier alpha value is -2.50. The molecule has 6 heteroatoms. The van der Waals surface area contributed by atoms with Gasteiger partial charge < -0.3 is 20.9 Å². The van der Waals surface area contributed by atoms with Crippen molar-refractivity contribution in [3.05, 3.63) is 36.0 Å². The first-order valence-corrected chi connectivity index (χ1v) is 8.45. The average molecular weight is 328 g/mol. The topological polar surface area (TPSA) is 86.0 Å². The van der Waals surface area contributed by atoms with Crippen LogP contribution >= 0.6 is 0 Å². The maximum absolute atomic E-state index is 12.5. The Morgan fingerprint density at radius 3 is 2.67 bits per heavy atom. The van der Waals surface area contributed by atoms with Gasteiger partial charge in [-0.05, 0) is 38.3 Å². The Kier molecular flexibility index (Phi) is 4.74. The van der Waals surface area contributed by atoms with Gasteiger partial charge in [-0.1, -0.05) is 18.2 Å². The molecule has 0 spiro atoms. The van der Waals surface area contributed by atoms with Gasteiger partial charge in [0.15, 0.2) is 0 Å². The van der Waals surface area contributed by atoms with Gasteiger partial charge in [-0.15, -0.1) is 0 Å². The number of benzene rings is 1. The maximum Gasteiger partial charge on any atom is 0.315 e. The molecule has 128 valence electrons. The number of H-pyrrole nitrogens is 1. The van der Waals surface area contributed by atoms with Gasteiger partial charge in [-0.2, -0.15) is 0 Å². The number of fused-ring (bicyclic) bond motifs is 1. The number of hydrogen-bond acceptors (Lipinski definition) is 2. The molecule has 1 aromatic carbocycles. The van der Waals surface area contributed by atoms with E-state index in [1.54, 1.807) is 0 Å². The lowest BCUT2D eigenvalue weighted by Gasteiger charge is -2.20. The largest absolute Gasteiger partial charge is 0.361 e. The summed E-state index contributed by atoms with van der Waals surface area (Å²) >= 11 is 0. The Morgan fingerprint density at radius 1 is 1.21 bits per heavy atom. The van der Waals surface area contributed by atoms with E-state index in [1.165, 1.54) is 0 Å². The Labute approximate surface area is 141 Å². The monoisotopic (exact) mass is 328 g/mol. The summed E-state index contributed by atoms with van der Waals surface area (Å²) in [7, 11) is 0. The van der Waals surface area contributed by atoms with Crippen LogP contribution in [0.2, 0.25) is 0 Å². The first kappa shape index (κ1) is 16.4. The van der Waals surface area contributed by atoms with Crippen molar-refractivity contribution in [3.63, 3.8) is 0 Å². The molecule has 2 aromatic rings. The highest BCUT2D eigenvalue weighted by atomic mass is 16.2. The third-order valence-corrected chi connectivity index (χ3v) is 4.06. The molecule has 1 aliphatic rings. The zero-order valence-corrected chi connectivity index (χ0v) is 14.1. The van der Waals surface area contributed by atoms with Crippen LogP contribution in [-0.4, -0.2) is 35.0 Å². The van der Waals surface area contributed by atoms with Crippen LogP contribution in [0, 0.1) is 0 Å². The van der Waals surface area contributed by atoms with Crippen LogP contribution in [-0.2, 0) is 11.2 Å². The summed E-state index contributed by atoms with van der Waals surface area (Å²) in [6, 6.07) is 7.34. The fraction of sp³-hybridized carbons (Fsp3) is 0.444. The standard InChI is InChI=1S/C18H24N4O2/c1-11(2)20-17(23)16(22-18(24)21-13-7-8-13)9-12-10-19-15-6-4-3-5-14(12)15/h3-6,10-11,13,16,19H,7-9H2,1-2H3,(H,20,23)(H2,21,22,24)/t16-/m1/s1. The second-order valence-electron chi connectivity index (χ2n) is 6.67. The summed E-state index contributed by atoms with van der Waals surface area (Å²) in [6.07, 6.45) is 4.37. The average Bonchev–Trinajstić information content (AvgIpc) is 3.25. The molecule has 1 atom stereocenters. The second-order valence-corrected chi connectivity index (χ2v) is 6.67. The maximum atomic E-state index is 12.5. The van der Waals surface area contributed by atoms with Crippen molar-refractivity contribution in [3.8, 4) is 0 Å². The van der Waals surface area contributed by atoms with E-state index in [9.17, 15) is 9.59 Å². The van der Waals surface area contributed by atoms with Crippen LogP contribution in [0.15, 0.2) is 30.5 Å². The lowest BCUT2D eigenvalue weighted by Crippen LogP contribution is -2.52. The molecule has 1 aliphatic carbocycles. The van der Waals surface area contributed by atoms with Gasteiger partial charge in [0.1, 0.15) is 6.04 Å². The summed E-state index contributed by atoms with van der Waals surface area (Å²) in [5.74, 6) is -0.166. The number of rotatable bonds is 6. The molecule has 24 heavy (non-hydrogen) atoms. The number of aromatic amines is 1. The number of aromatic nitrogens is 1. The summed E-state index contributed by atoms with van der Waals surface area (Å²) in [5.41, 5.74) is 2.04. The molecule has 6 nitrogen and oxygen atoms in total. The van der Waals surface area contributed by atoms with Gasteiger partial charge in [0, 0.05) is 35.6 Å². The summed E-state index contributed by atoms with van der Waals surface area (Å²) in [4.78, 5) is 27.8. The molecular weight excluding hydrogens is 304 g/mol. The van der Waals surface area contributed by atoms with Gasteiger partial charge in [0.2, 0.25) is 5.91 Å². The molecule has 0 radical (unpaired) electrons. The SMILES string of the molecule is CC(C)NC(=O)[C@@H](Cc1c[nH]c2ccccc12)NC(=O)NC1CC1. The minimum absolute atomic E-state index is 0.0243. The van der Waals surface area contributed by atoms with Gasteiger partial charge in [0.05, 0.1) is 0 Å². The number of nitrogens with one attached hydrogen (secondary N) is 4. The molecule has 0 saturated heterocycles. The highest BCUT2D eigenvalue weighted by Crippen LogP contribution is 2.20. The Bertz CT molecular complexity index is 733.